The standard InChI is InChI=1S/C24H25ClN4O2/c1-17-6-2-3-10-21(17)31-24-22(26-11-12-27-24)29-13-5-8-19(16-29)23(30)28-15-18-7-4-9-20(25)14-18/h2-4,6-7,9-12,14,19H,5,8,13,15-16H2,1H3,(H,28,30)/t19-/m0/s1. The van der Waals surface area contributed by atoms with Gasteiger partial charge < -0.3 is 15.0 Å². The quantitative estimate of drug-likeness (QED) is 0.603. The zero-order chi connectivity index (χ0) is 21.6. The van der Waals surface area contributed by atoms with Crippen molar-refractivity contribution in [2.24, 2.45) is 5.92 Å². The molecule has 4 rings (SSSR count). The Kier molecular flexibility index (Phi) is 6.67. The van der Waals surface area contributed by atoms with E-state index in [9.17, 15) is 4.79 Å². The molecule has 1 amide bonds. The van der Waals surface area contributed by atoms with Crippen LogP contribution in [-0.2, 0) is 11.3 Å². The highest BCUT2D eigenvalue weighted by atomic mass is 35.5. The smallest absolute Gasteiger partial charge is 0.263 e. The number of carbonyl (C=O) groups excluding carboxylic acids is 1. The van der Waals surface area contributed by atoms with Crippen molar-refractivity contribution in [1.82, 2.24) is 15.3 Å². The minimum atomic E-state index is -0.124. The zero-order valence-electron chi connectivity index (χ0n) is 17.4. The molecule has 1 aliphatic rings. The number of nitrogens with one attached hydrogen (secondary N) is 1. The van der Waals surface area contributed by atoms with Gasteiger partial charge in [0.1, 0.15) is 5.75 Å². The maximum Gasteiger partial charge on any atom is 0.263 e. The molecule has 3 aromatic rings. The number of piperidine rings is 1. The number of anilines is 1. The molecule has 0 unspecified atom stereocenters. The van der Waals surface area contributed by atoms with E-state index in [0.717, 1.165) is 36.3 Å². The van der Waals surface area contributed by atoms with Crippen LogP contribution in [0.5, 0.6) is 11.6 Å². The van der Waals surface area contributed by atoms with Crippen molar-refractivity contribution >= 4 is 23.3 Å². The molecule has 2 heterocycles. The van der Waals surface area contributed by atoms with Gasteiger partial charge in [-0.05, 0) is 49.1 Å². The molecule has 0 saturated carbocycles. The molecule has 1 saturated heterocycles. The number of amides is 1. The Labute approximate surface area is 187 Å². The van der Waals surface area contributed by atoms with E-state index in [1.165, 1.54) is 0 Å². The van der Waals surface area contributed by atoms with Crippen LogP contribution in [0.4, 0.5) is 5.82 Å². The van der Waals surface area contributed by atoms with Gasteiger partial charge in [0.15, 0.2) is 5.82 Å². The molecule has 31 heavy (non-hydrogen) atoms. The summed E-state index contributed by atoms with van der Waals surface area (Å²) in [6.07, 6.45) is 5.01. The summed E-state index contributed by atoms with van der Waals surface area (Å²) >= 11 is 6.03. The fourth-order valence-electron chi connectivity index (χ4n) is 3.75. The Morgan fingerprint density at radius 1 is 1.19 bits per heavy atom. The second-order valence-electron chi connectivity index (χ2n) is 7.69. The summed E-state index contributed by atoms with van der Waals surface area (Å²) in [5.74, 6) is 1.78. The number of carbonyl (C=O) groups is 1. The van der Waals surface area contributed by atoms with Crippen LogP contribution >= 0.6 is 11.6 Å². The lowest BCUT2D eigenvalue weighted by atomic mass is 9.97. The minimum absolute atomic E-state index is 0.0370. The summed E-state index contributed by atoms with van der Waals surface area (Å²) in [4.78, 5) is 23.8. The van der Waals surface area contributed by atoms with Gasteiger partial charge in [0.2, 0.25) is 5.91 Å². The minimum Gasteiger partial charge on any atom is -0.436 e. The molecule has 1 aromatic heterocycles. The van der Waals surface area contributed by atoms with Crippen LogP contribution in [0.25, 0.3) is 0 Å². The van der Waals surface area contributed by atoms with Gasteiger partial charge in [0.05, 0.1) is 5.92 Å². The fraction of sp³-hybridized carbons (Fsp3) is 0.292. The number of benzene rings is 2. The first-order chi connectivity index (χ1) is 15.1. The third kappa shape index (κ3) is 5.33. The first-order valence-corrected chi connectivity index (χ1v) is 10.8. The number of hydrogen-bond acceptors (Lipinski definition) is 5. The topological polar surface area (TPSA) is 67.4 Å². The predicted octanol–water partition coefficient (Wildman–Crippen LogP) is 4.76. The average molecular weight is 437 g/mol. The van der Waals surface area contributed by atoms with Gasteiger partial charge in [-0.3, -0.25) is 4.79 Å². The van der Waals surface area contributed by atoms with E-state index in [-0.39, 0.29) is 11.8 Å². The van der Waals surface area contributed by atoms with Gasteiger partial charge in [0.25, 0.3) is 5.88 Å². The molecule has 1 aliphatic heterocycles. The molecule has 1 N–H and O–H groups in total. The van der Waals surface area contributed by atoms with Crippen molar-refractivity contribution in [3.63, 3.8) is 0 Å². The van der Waals surface area contributed by atoms with Crippen LogP contribution < -0.4 is 15.0 Å². The van der Waals surface area contributed by atoms with Gasteiger partial charge in [-0.1, -0.05) is 41.9 Å². The highest BCUT2D eigenvalue weighted by Crippen LogP contribution is 2.32. The average Bonchev–Trinajstić information content (AvgIpc) is 2.79. The van der Waals surface area contributed by atoms with Crippen LogP contribution in [0.15, 0.2) is 60.9 Å². The van der Waals surface area contributed by atoms with Gasteiger partial charge in [-0.2, -0.15) is 0 Å². The molecule has 1 fully saturated rings. The molecule has 0 radical (unpaired) electrons. The monoisotopic (exact) mass is 436 g/mol. The molecule has 7 heteroatoms. The van der Waals surface area contributed by atoms with Crippen molar-refractivity contribution in [1.29, 1.82) is 0 Å². The van der Waals surface area contributed by atoms with Crippen LogP contribution in [0.2, 0.25) is 5.02 Å². The second-order valence-corrected chi connectivity index (χ2v) is 8.12. The van der Waals surface area contributed by atoms with E-state index in [4.69, 9.17) is 16.3 Å². The summed E-state index contributed by atoms with van der Waals surface area (Å²) < 4.78 is 6.08. The molecule has 0 aliphatic carbocycles. The Morgan fingerprint density at radius 3 is 2.87 bits per heavy atom. The summed E-state index contributed by atoms with van der Waals surface area (Å²) in [6.45, 7) is 3.83. The Balaban J connectivity index is 1.44. The summed E-state index contributed by atoms with van der Waals surface area (Å²) in [5.41, 5.74) is 2.01. The first-order valence-electron chi connectivity index (χ1n) is 10.4. The molecular formula is C24H25ClN4O2. The summed E-state index contributed by atoms with van der Waals surface area (Å²) in [7, 11) is 0. The number of halogens is 1. The lowest BCUT2D eigenvalue weighted by Gasteiger charge is -2.33. The van der Waals surface area contributed by atoms with E-state index in [1.807, 2.05) is 55.5 Å². The van der Waals surface area contributed by atoms with Crippen LogP contribution in [0, 0.1) is 12.8 Å². The summed E-state index contributed by atoms with van der Waals surface area (Å²) in [5, 5.41) is 3.70. The van der Waals surface area contributed by atoms with Crippen molar-refractivity contribution in [3.8, 4) is 11.6 Å². The van der Waals surface area contributed by atoms with E-state index in [0.29, 0.717) is 29.8 Å². The number of hydrogen-bond donors (Lipinski definition) is 1. The summed E-state index contributed by atoms with van der Waals surface area (Å²) in [6, 6.07) is 15.3. The van der Waals surface area contributed by atoms with Crippen LogP contribution in [0.3, 0.4) is 0 Å². The van der Waals surface area contributed by atoms with Crippen LogP contribution in [-0.4, -0.2) is 29.0 Å². The largest absolute Gasteiger partial charge is 0.436 e. The number of nitrogens with zero attached hydrogens (tertiary/aromatic N) is 3. The van der Waals surface area contributed by atoms with Crippen LogP contribution in [0.1, 0.15) is 24.0 Å². The van der Waals surface area contributed by atoms with Crippen molar-refractivity contribution in [2.45, 2.75) is 26.3 Å². The normalized spacial score (nSPS) is 16.1. The molecule has 160 valence electrons. The molecule has 0 spiro atoms. The van der Waals surface area contributed by atoms with Crippen molar-refractivity contribution in [2.75, 3.05) is 18.0 Å². The van der Waals surface area contributed by atoms with E-state index >= 15 is 0 Å². The maximum atomic E-state index is 12.8. The highest BCUT2D eigenvalue weighted by molar-refractivity contribution is 6.30. The maximum absolute atomic E-state index is 12.8. The number of aryl methyl sites for hydroxylation is 1. The number of ether oxygens (including phenoxy) is 1. The third-order valence-electron chi connectivity index (χ3n) is 5.39. The Hall–Kier alpha value is -3.12. The molecular weight excluding hydrogens is 412 g/mol. The first kappa shape index (κ1) is 21.1. The fourth-order valence-corrected chi connectivity index (χ4v) is 3.96. The number of rotatable bonds is 6. The SMILES string of the molecule is Cc1ccccc1Oc1nccnc1N1CCC[C@H](C(=O)NCc2cccc(Cl)c2)C1. The van der Waals surface area contributed by atoms with Gasteiger partial charge >= 0.3 is 0 Å². The van der Waals surface area contributed by atoms with Crippen molar-refractivity contribution < 1.29 is 9.53 Å². The molecule has 2 aromatic carbocycles. The molecule has 6 nitrogen and oxygen atoms in total. The lowest BCUT2D eigenvalue weighted by Crippen LogP contribution is -2.43. The van der Waals surface area contributed by atoms with Gasteiger partial charge in [-0.25, -0.2) is 9.97 Å². The highest BCUT2D eigenvalue weighted by Gasteiger charge is 2.28. The predicted molar refractivity (Wildman–Crippen MR) is 122 cm³/mol. The van der Waals surface area contributed by atoms with Gasteiger partial charge in [-0.15, -0.1) is 0 Å². The number of para-hydroxylation sites is 1. The molecule has 1 atom stereocenters. The Morgan fingerprint density at radius 2 is 2.03 bits per heavy atom. The lowest BCUT2D eigenvalue weighted by molar-refractivity contribution is -0.125. The Bertz CT molecular complexity index is 1060. The van der Waals surface area contributed by atoms with Gasteiger partial charge in [0, 0.05) is 37.1 Å². The number of aromatic nitrogens is 2. The third-order valence-corrected chi connectivity index (χ3v) is 5.63. The molecule has 0 bridgehead atoms. The zero-order valence-corrected chi connectivity index (χ0v) is 18.2. The van der Waals surface area contributed by atoms with E-state index < -0.39 is 0 Å². The van der Waals surface area contributed by atoms with E-state index in [1.54, 1.807) is 12.4 Å². The second kappa shape index (κ2) is 9.79. The van der Waals surface area contributed by atoms with Crippen molar-refractivity contribution in [3.05, 3.63) is 77.1 Å². The van der Waals surface area contributed by atoms with E-state index in [2.05, 4.69) is 20.2 Å².